The van der Waals surface area contributed by atoms with Crippen molar-refractivity contribution in [3.63, 3.8) is 0 Å². The summed E-state index contributed by atoms with van der Waals surface area (Å²) in [5.74, 6) is 0.775. The molecule has 20 heavy (non-hydrogen) atoms. The Morgan fingerprint density at radius 2 is 2.15 bits per heavy atom. The Bertz CT molecular complexity index is 375. The second-order valence-electron chi connectivity index (χ2n) is 6.58. The van der Waals surface area contributed by atoms with Gasteiger partial charge in [0.1, 0.15) is 5.54 Å². The fraction of sp³-hybridized carbons (Fsp3) is 0.867. The van der Waals surface area contributed by atoms with Crippen LogP contribution in [-0.2, 0) is 9.59 Å². The van der Waals surface area contributed by atoms with Gasteiger partial charge in [0.25, 0.3) is 0 Å². The quantitative estimate of drug-likeness (QED) is 0.834. The summed E-state index contributed by atoms with van der Waals surface area (Å²) in [5, 5.41) is 3.38. The highest BCUT2D eigenvalue weighted by atomic mass is 16.2. The van der Waals surface area contributed by atoms with Crippen LogP contribution in [0.15, 0.2) is 0 Å². The van der Waals surface area contributed by atoms with Crippen molar-refractivity contribution in [3.05, 3.63) is 0 Å². The maximum Gasteiger partial charge on any atom is 0.247 e. The van der Waals surface area contributed by atoms with E-state index in [2.05, 4.69) is 5.32 Å². The molecule has 0 aromatic heterocycles. The third-order valence-electron chi connectivity index (χ3n) is 4.67. The molecular weight excluding hydrogens is 254 g/mol. The van der Waals surface area contributed by atoms with Crippen LogP contribution >= 0.6 is 0 Å². The van der Waals surface area contributed by atoms with Crippen LogP contribution in [0.2, 0.25) is 0 Å². The van der Waals surface area contributed by atoms with Crippen molar-refractivity contribution in [1.29, 1.82) is 0 Å². The maximum atomic E-state index is 12.4. The molecule has 0 spiro atoms. The van der Waals surface area contributed by atoms with E-state index in [0.29, 0.717) is 25.4 Å². The van der Waals surface area contributed by atoms with E-state index in [1.807, 2.05) is 13.8 Å². The lowest BCUT2D eigenvalue weighted by Gasteiger charge is -2.45. The smallest absolute Gasteiger partial charge is 0.247 e. The number of piperazine rings is 1. The molecule has 2 rings (SSSR count). The molecule has 5 nitrogen and oxygen atoms in total. The van der Waals surface area contributed by atoms with Gasteiger partial charge in [0.15, 0.2) is 0 Å². The highest BCUT2D eigenvalue weighted by Crippen LogP contribution is 2.24. The number of hydrogen-bond acceptors (Lipinski definition) is 3. The average Bonchev–Trinajstić information content (AvgIpc) is 2.43. The molecule has 5 heteroatoms. The van der Waals surface area contributed by atoms with Crippen molar-refractivity contribution in [2.75, 3.05) is 33.2 Å². The van der Waals surface area contributed by atoms with Crippen molar-refractivity contribution < 1.29 is 9.59 Å². The summed E-state index contributed by atoms with van der Waals surface area (Å²) in [4.78, 5) is 28.1. The van der Waals surface area contributed by atoms with E-state index in [9.17, 15) is 9.59 Å². The Balaban J connectivity index is 1.89. The normalized spacial score (nSPS) is 26.8. The Hall–Kier alpha value is -1.10. The standard InChI is InChI=1S/C15H27N3O2/c1-15(2)14(20)17(3)9-10-18(15)13(19)7-6-12-5-4-8-16-11-12/h12,16H,4-11H2,1-3H3. The van der Waals surface area contributed by atoms with Crippen LogP contribution in [0.25, 0.3) is 0 Å². The van der Waals surface area contributed by atoms with Crippen LogP contribution < -0.4 is 5.32 Å². The second kappa shape index (κ2) is 6.12. The largest absolute Gasteiger partial charge is 0.342 e. The minimum atomic E-state index is -0.700. The minimum Gasteiger partial charge on any atom is -0.342 e. The number of nitrogens with one attached hydrogen (secondary N) is 1. The summed E-state index contributed by atoms with van der Waals surface area (Å²) in [6.07, 6.45) is 3.91. The van der Waals surface area contributed by atoms with Gasteiger partial charge in [-0.1, -0.05) is 0 Å². The lowest BCUT2D eigenvalue weighted by atomic mass is 9.93. The summed E-state index contributed by atoms with van der Waals surface area (Å²) < 4.78 is 0. The third-order valence-corrected chi connectivity index (χ3v) is 4.67. The lowest BCUT2D eigenvalue weighted by molar-refractivity contribution is -0.157. The van der Waals surface area contributed by atoms with Gasteiger partial charge in [-0.05, 0) is 52.1 Å². The van der Waals surface area contributed by atoms with Gasteiger partial charge in [-0.25, -0.2) is 0 Å². The Labute approximate surface area is 121 Å². The zero-order chi connectivity index (χ0) is 14.8. The molecule has 2 aliphatic rings. The molecule has 0 saturated carbocycles. The van der Waals surface area contributed by atoms with E-state index in [1.54, 1.807) is 16.8 Å². The first-order valence-corrected chi connectivity index (χ1v) is 7.69. The number of likely N-dealkylation sites (N-methyl/N-ethyl adjacent to an activating group) is 1. The summed E-state index contributed by atoms with van der Waals surface area (Å²) in [6.45, 7) is 7.12. The summed E-state index contributed by atoms with van der Waals surface area (Å²) in [6, 6.07) is 0. The molecule has 2 aliphatic heterocycles. The number of piperidine rings is 1. The van der Waals surface area contributed by atoms with Gasteiger partial charge in [0.05, 0.1) is 0 Å². The zero-order valence-electron chi connectivity index (χ0n) is 12.9. The van der Waals surface area contributed by atoms with E-state index in [0.717, 1.165) is 19.5 Å². The molecule has 1 unspecified atom stereocenters. The van der Waals surface area contributed by atoms with Gasteiger partial charge in [-0.3, -0.25) is 9.59 Å². The van der Waals surface area contributed by atoms with Gasteiger partial charge in [0, 0.05) is 26.6 Å². The van der Waals surface area contributed by atoms with Gasteiger partial charge >= 0.3 is 0 Å². The van der Waals surface area contributed by atoms with Crippen LogP contribution in [0.4, 0.5) is 0 Å². The molecule has 0 radical (unpaired) electrons. The Morgan fingerprint density at radius 1 is 1.40 bits per heavy atom. The van der Waals surface area contributed by atoms with Crippen LogP contribution in [0.3, 0.4) is 0 Å². The first-order valence-electron chi connectivity index (χ1n) is 7.69. The number of amides is 2. The molecule has 2 fully saturated rings. The molecule has 114 valence electrons. The van der Waals surface area contributed by atoms with E-state index in [-0.39, 0.29) is 11.8 Å². The fourth-order valence-electron chi connectivity index (χ4n) is 3.28. The molecule has 2 heterocycles. The first-order chi connectivity index (χ1) is 9.43. The van der Waals surface area contributed by atoms with E-state index in [1.165, 1.54) is 12.8 Å². The highest BCUT2D eigenvalue weighted by Gasteiger charge is 2.42. The third kappa shape index (κ3) is 3.14. The van der Waals surface area contributed by atoms with E-state index >= 15 is 0 Å². The van der Waals surface area contributed by atoms with Crippen molar-refractivity contribution >= 4 is 11.8 Å². The number of carbonyl (C=O) groups excluding carboxylic acids is 2. The topological polar surface area (TPSA) is 52.6 Å². The van der Waals surface area contributed by atoms with Crippen LogP contribution in [0, 0.1) is 5.92 Å². The average molecular weight is 281 g/mol. The van der Waals surface area contributed by atoms with Crippen molar-refractivity contribution in [3.8, 4) is 0 Å². The summed E-state index contributed by atoms with van der Waals surface area (Å²) in [5.41, 5.74) is -0.700. The van der Waals surface area contributed by atoms with Crippen molar-refractivity contribution in [2.24, 2.45) is 5.92 Å². The minimum absolute atomic E-state index is 0.0384. The molecule has 0 aliphatic carbocycles. The second-order valence-corrected chi connectivity index (χ2v) is 6.58. The van der Waals surface area contributed by atoms with E-state index < -0.39 is 5.54 Å². The Morgan fingerprint density at radius 3 is 2.80 bits per heavy atom. The molecule has 2 amide bonds. The Kier molecular flexibility index (Phi) is 4.68. The number of carbonyl (C=O) groups is 2. The van der Waals surface area contributed by atoms with Crippen molar-refractivity contribution in [2.45, 2.75) is 45.1 Å². The fourth-order valence-corrected chi connectivity index (χ4v) is 3.28. The first kappa shape index (κ1) is 15.3. The predicted octanol–water partition coefficient (Wildman–Crippen LogP) is 0.845. The lowest BCUT2D eigenvalue weighted by Crippen LogP contribution is -2.63. The molecular formula is C15H27N3O2. The van der Waals surface area contributed by atoms with E-state index in [4.69, 9.17) is 0 Å². The van der Waals surface area contributed by atoms with Gasteiger partial charge < -0.3 is 15.1 Å². The number of nitrogens with zero attached hydrogens (tertiary/aromatic N) is 2. The monoisotopic (exact) mass is 281 g/mol. The predicted molar refractivity (Wildman–Crippen MR) is 78.3 cm³/mol. The van der Waals surface area contributed by atoms with Gasteiger partial charge in [-0.2, -0.15) is 0 Å². The molecule has 2 saturated heterocycles. The molecule has 0 bridgehead atoms. The van der Waals surface area contributed by atoms with Gasteiger partial charge in [0.2, 0.25) is 11.8 Å². The number of rotatable bonds is 3. The van der Waals surface area contributed by atoms with Crippen LogP contribution in [0.5, 0.6) is 0 Å². The molecule has 0 aromatic carbocycles. The number of hydrogen-bond donors (Lipinski definition) is 1. The zero-order valence-corrected chi connectivity index (χ0v) is 12.9. The summed E-state index contributed by atoms with van der Waals surface area (Å²) in [7, 11) is 1.81. The highest BCUT2D eigenvalue weighted by molar-refractivity contribution is 5.91. The maximum absolute atomic E-state index is 12.4. The van der Waals surface area contributed by atoms with Crippen LogP contribution in [0.1, 0.15) is 39.5 Å². The van der Waals surface area contributed by atoms with Crippen LogP contribution in [-0.4, -0.2) is 60.4 Å². The molecule has 1 atom stereocenters. The molecule has 1 N–H and O–H groups in total. The van der Waals surface area contributed by atoms with Crippen molar-refractivity contribution in [1.82, 2.24) is 15.1 Å². The van der Waals surface area contributed by atoms with Gasteiger partial charge in [-0.15, -0.1) is 0 Å². The SMILES string of the molecule is CN1CCN(C(=O)CCC2CCCNC2)C(C)(C)C1=O. The summed E-state index contributed by atoms with van der Waals surface area (Å²) >= 11 is 0. The molecule has 0 aromatic rings.